The van der Waals surface area contributed by atoms with E-state index in [1.165, 1.54) is 13.2 Å². The monoisotopic (exact) mass is 271 g/mol. The first-order valence-corrected chi connectivity index (χ1v) is 9.29. The molecule has 1 atom stereocenters. The second-order valence-electron chi connectivity index (χ2n) is 6.21. The first kappa shape index (κ1) is 15.2. The van der Waals surface area contributed by atoms with Gasteiger partial charge in [-0.1, -0.05) is 20.8 Å². The summed E-state index contributed by atoms with van der Waals surface area (Å²) in [4.78, 5) is 11.3. The highest BCUT2D eigenvalue weighted by molar-refractivity contribution is 6.74. The molecule has 0 saturated carbocycles. The molecule has 1 saturated heterocycles. The van der Waals surface area contributed by atoms with Gasteiger partial charge >= 0.3 is 5.97 Å². The van der Waals surface area contributed by atoms with E-state index in [4.69, 9.17) is 4.43 Å². The number of carbonyl (C=O) groups is 1. The summed E-state index contributed by atoms with van der Waals surface area (Å²) in [7, 11) is -0.419. The highest BCUT2D eigenvalue weighted by Crippen LogP contribution is 2.38. The van der Waals surface area contributed by atoms with Crippen molar-refractivity contribution in [3.63, 3.8) is 0 Å². The Morgan fingerprint density at radius 1 is 1.44 bits per heavy atom. The molecule has 104 valence electrons. The van der Waals surface area contributed by atoms with Crippen molar-refractivity contribution >= 4 is 14.3 Å². The highest BCUT2D eigenvalue weighted by atomic mass is 28.4. The second-order valence-corrected chi connectivity index (χ2v) is 11.0. The van der Waals surface area contributed by atoms with Gasteiger partial charge in [-0.25, -0.2) is 4.79 Å². The lowest BCUT2D eigenvalue weighted by Gasteiger charge is -2.38. The van der Waals surface area contributed by atoms with E-state index < -0.39 is 8.32 Å². The van der Waals surface area contributed by atoms with Crippen molar-refractivity contribution in [2.45, 2.75) is 51.4 Å². The first-order valence-electron chi connectivity index (χ1n) is 6.38. The van der Waals surface area contributed by atoms with Gasteiger partial charge in [-0.2, -0.15) is 0 Å². The van der Waals surface area contributed by atoms with E-state index in [-0.39, 0.29) is 17.1 Å². The lowest BCUT2D eigenvalue weighted by atomic mass is 10.2. The fourth-order valence-electron chi connectivity index (χ4n) is 1.60. The molecule has 1 rings (SSSR count). The van der Waals surface area contributed by atoms with Crippen molar-refractivity contribution in [2.24, 2.45) is 0 Å². The number of carbonyl (C=O) groups excluding carboxylic acids is 1. The maximum Gasteiger partial charge on any atom is 0.332 e. The fraction of sp³-hybridized carbons (Fsp3) is 0.769. The van der Waals surface area contributed by atoms with Gasteiger partial charge in [0.1, 0.15) is 0 Å². The maximum absolute atomic E-state index is 11.3. The van der Waals surface area contributed by atoms with Gasteiger partial charge in [-0.05, 0) is 24.6 Å². The van der Waals surface area contributed by atoms with Gasteiger partial charge < -0.3 is 14.5 Å². The zero-order valence-corrected chi connectivity index (χ0v) is 13.3. The highest BCUT2D eigenvalue weighted by Gasteiger charge is 2.40. The van der Waals surface area contributed by atoms with Crippen LogP contribution in [0.2, 0.25) is 18.1 Å². The summed E-state index contributed by atoms with van der Waals surface area (Å²) >= 11 is 0. The van der Waals surface area contributed by atoms with Crippen LogP contribution in [0.4, 0.5) is 0 Å². The number of hydrogen-bond acceptors (Lipinski definition) is 4. The van der Waals surface area contributed by atoms with E-state index in [2.05, 4.69) is 43.9 Å². The molecule has 18 heavy (non-hydrogen) atoms. The molecule has 0 amide bonds. The molecule has 1 aliphatic heterocycles. The van der Waals surface area contributed by atoms with Gasteiger partial charge in [0.05, 0.1) is 13.2 Å². The Kier molecular flexibility index (Phi) is 4.61. The Hall–Kier alpha value is -0.813. The minimum atomic E-state index is -1.81. The lowest BCUT2D eigenvalue weighted by molar-refractivity contribution is -0.134. The molecule has 0 aromatic carbocycles. The topological polar surface area (TPSA) is 47.6 Å². The third-order valence-electron chi connectivity index (χ3n) is 3.80. The molecule has 5 heteroatoms. The Bertz CT molecular complexity index is 345. The van der Waals surface area contributed by atoms with Crippen molar-refractivity contribution in [3.8, 4) is 0 Å². The maximum atomic E-state index is 11.3. The predicted molar refractivity (Wildman–Crippen MR) is 74.8 cm³/mol. The fourth-order valence-corrected chi connectivity index (χ4v) is 2.91. The predicted octanol–water partition coefficient (Wildman–Crippen LogP) is 2.43. The molecular weight excluding hydrogens is 246 g/mol. The van der Waals surface area contributed by atoms with Crippen molar-refractivity contribution in [3.05, 3.63) is 11.8 Å². The van der Waals surface area contributed by atoms with Crippen LogP contribution in [-0.2, 0) is 14.0 Å². The third-order valence-corrected chi connectivity index (χ3v) is 8.29. The number of hydrogen-bond donors (Lipinski definition) is 1. The summed E-state index contributed by atoms with van der Waals surface area (Å²) in [5.41, 5.74) is 0.853. The molecule has 0 spiro atoms. The van der Waals surface area contributed by atoms with Gasteiger partial charge in [0.25, 0.3) is 0 Å². The third kappa shape index (κ3) is 3.59. The molecule has 0 radical (unpaired) electrons. The molecule has 1 aliphatic rings. The quantitative estimate of drug-likeness (QED) is 0.486. The Morgan fingerprint density at radius 3 is 2.56 bits per heavy atom. The molecule has 1 N–H and O–H groups in total. The smallest absolute Gasteiger partial charge is 0.332 e. The van der Waals surface area contributed by atoms with Crippen LogP contribution in [0.15, 0.2) is 11.8 Å². The largest absolute Gasteiger partial charge is 0.466 e. The summed E-state index contributed by atoms with van der Waals surface area (Å²) in [5, 5.41) is 3.38. The van der Waals surface area contributed by atoms with Crippen LogP contribution in [-0.4, -0.2) is 34.0 Å². The summed E-state index contributed by atoms with van der Waals surface area (Å²) < 4.78 is 11.0. The van der Waals surface area contributed by atoms with Crippen molar-refractivity contribution in [1.82, 2.24) is 5.32 Å². The summed E-state index contributed by atoms with van der Waals surface area (Å²) in [6.07, 6.45) is 2.42. The minimum absolute atomic E-state index is 0.00462. The van der Waals surface area contributed by atoms with Crippen LogP contribution in [0.25, 0.3) is 0 Å². The van der Waals surface area contributed by atoms with Gasteiger partial charge in [0.2, 0.25) is 0 Å². The lowest BCUT2D eigenvalue weighted by Crippen LogP contribution is -2.44. The molecular formula is C13H25NO3Si. The zero-order chi connectivity index (χ0) is 14.0. The molecule has 4 nitrogen and oxygen atoms in total. The zero-order valence-electron chi connectivity index (χ0n) is 12.3. The average molecular weight is 271 g/mol. The van der Waals surface area contributed by atoms with Crippen molar-refractivity contribution < 1.29 is 14.0 Å². The van der Waals surface area contributed by atoms with Gasteiger partial charge in [-0.3, -0.25) is 0 Å². The Balaban J connectivity index is 2.78. The van der Waals surface area contributed by atoms with Gasteiger partial charge in [0, 0.05) is 18.3 Å². The van der Waals surface area contributed by atoms with Crippen LogP contribution in [0.1, 0.15) is 27.2 Å². The van der Waals surface area contributed by atoms with E-state index in [9.17, 15) is 4.79 Å². The second kappa shape index (κ2) is 5.44. The summed E-state index contributed by atoms with van der Waals surface area (Å²) in [5.74, 6) is -0.330. The Morgan fingerprint density at radius 2 is 2.06 bits per heavy atom. The normalized spacial score (nSPS) is 23.0. The van der Waals surface area contributed by atoms with Gasteiger partial charge in [-0.15, -0.1) is 0 Å². The van der Waals surface area contributed by atoms with E-state index in [0.29, 0.717) is 0 Å². The van der Waals surface area contributed by atoms with Crippen molar-refractivity contribution in [1.29, 1.82) is 0 Å². The number of ether oxygens (including phenoxy) is 1. The Labute approximate surface area is 111 Å². The molecule has 0 aromatic rings. The molecule has 0 bridgehead atoms. The van der Waals surface area contributed by atoms with Crippen LogP contribution in [0.5, 0.6) is 0 Å². The van der Waals surface area contributed by atoms with Crippen LogP contribution < -0.4 is 5.32 Å². The van der Waals surface area contributed by atoms with E-state index in [1.807, 2.05) is 0 Å². The summed E-state index contributed by atoms with van der Waals surface area (Å²) in [6.45, 7) is 11.9. The number of methoxy groups -OCH3 is 1. The minimum Gasteiger partial charge on any atom is -0.466 e. The number of nitrogens with one attached hydrogen (secondary N) is 1. The molecule has 0 aromatic heterocycles. The summed E-state index contributed by atoms with van der Waals surface area (Å²) in [6, 6.07) is 0. The number of esters is 1. The number of rotatable bonds is 3. The molecule has 1 fully saturated rings. The molecule has 0 unspecified atom stereocenters. The molecule has 0 aliphatic carbocycles. The van der Waals surface area contributed by atoms with Crippen LogP contribution in [0, 0.1) is 0 Å². The van der Waals surface area contributed by atoms with Crippen LogP contribution >= 0.6 is 0 Å². The molecule has 1 heterocycles. The van der Waals surface area contributed by atoms with E-state index in [0.717, 1.165) is 18.7 Å². The standard InChI is InChI=1S/C13H25NO3Si/c1-13(2,3)18(5,6)17-11-7-8-14-10(11)9-12(15)16-4/h9,11,14H,7-8H2,1-6H3/b10-9-/t11-/m0/s1. The van der Waals surface area contributed by atoms with E-state index in [1.54, 1.807) is 0 Å². The van der Waals surface area contributed by atoms with E-state index >= 15 is 0 Å². The first-order chi connectivity index (χ1) is 8.17. The SMILES string of the molecule is COC(=O)/C=C1\NCC[C@@H]1O[Si](C)(C)C(C)(C)C. The van der Waals surface area contributed by atoms with Crippen LogP contribution in [0.3, 0.4) is 0 Å². The van der Waals surface area contributed by atoms with Crippen molar-refractivity contribution in [2.75, 3.05) is 13.7 Å². The average Bonchev–Trinajstić information content (AvgIpc) is 2.63. The van der Waals surface area contributed by atoms with Gasteiger partial charge in [0.15, 0.2) is 8.32 Å².